The maximum atomic E-state index is 11.0. The van der Waals surface area contributed by atoms with Crippen LogP contribution in [0.15, 0.2) is 0 Å². The lowest BCUT2D eigenvalue weighted by molar-refractivity contribution is -0.124. The second kappa shape index (κ2) is 3.54. The molecule has 3 nitrogen and oxygen atoms in total. The van der Waals surface area contributed by atoms with Crippen molar-refractivity contribution in [2.45, 2.75) is 37.9 Å². The first-order chi connectivity index (χ1) is 5.86. The minimum atomic E-state index is 0.0735. The predicted molar refractivity (Wildman–Crippen MR) is 43.0 cm³/mol. The number of carbonyl (C=O) groups excluding carboxylic acids is 1. The van der Waals surface area contributed by atoms with Gasteiger partial charge in [0.2, 0.25) is 0 Å². The molecule has 1 heterocycles. The highest BCUT2D eigenvalue weighted by atomic mass is 16.6. The molecular formula is C9H14O3. The predicted octanol–water partition coefficient (Wildman–Crippen LogP) is 0.913. The van der Waals surface area contributed by atoms with E-state index in [1.807, 2.05) is 0 Å². The standard InChI is InChI=1S/C9H14O3/c10-7-5-11-8-3-1-2-4-9(8)12-6-7/h8-9H,1-6H2/t8-,9+. The molecule has 68 valence electrons. The van der Waals surface area contributed by atoms with E-state index < -0.39 is 0 Å². The minimum Gasteiger partial charge on any atom is -0.368 e. The van der Waals surface area contributed by atoms with Crippen LogP contribution in [-0.2, 0) is 14.3 Å². The average Bonchev–Trinajstić information content (AvgIpc) is 2.29. The molecule has 3 heteroatoms. The average molecular weight is 170 g/mol. The van der Waals surface area contributed by atoms with E-state index in [4.69, 9.17) is 9.47 Å². The van der Waals surface area contributed by atoms with Crippen LogP contribution in [0.2, 0.25) is 0 Å². The molecule has 1 saturated heterocycles. The Bertz CT molecular complexity index is 161. The summed E-state index contributed by atoms with van der Waals surface area (Å²) in [6, 6.07) is 0. The summed E-state index contributed by atoms with van der Waals surface area (Å²) >= 11 is 0. The molecule has 2 atom stereocenters. The highest BCUT2D eigenvalue weighted by Crippen LogP contribution is 2.25. The summed E-state index contributed by atoms with van der Waals surface area (Å²) < 4.78 is 10.9. The highest BCUT2D eigenvalue weighted by molar-refractivity contribution is 5.81. The number of ketones is 1. The van der Waals surface area contributed by atoms with Crippen LogP contribution in [0.4, 0.5) is 0 Å². The van der Waals surface area contributed by atoms with E-state index in [0.717, 1.165) is 12.8 Å². The summed E-state index contributed by atoms with van der Waals surface area (Å²) in [5, 5.41) is 0. The van der Waals surface area contributed by atoms with Crippen molar-refractivity contribution in [3.8, 4) is 0 Å². The maximum absolute atomic E-state index is 11.0. The summed E-state index contributed by atoms with van der Waals surface area (Å²) in [6.45, 7) is 0.502. The lowest BCUT2D eigenvalue weighted by Gasteiger charge is -2.28. The quantitative estimate of drug-likeness (QED) is 0.542. The van der Waals surface area contributed by atoms with Crippen LogP contribution >= 0.6 is 0 Å². The Morgan fingerprint density at radius 1 is 1.00 bits per heavy atom. The fourth-order valence-corrected chi connectivity index (χ4v) is 1.89. The smallest absolute Gasteiger partial charge is 0.184 e. The third-order valence-electron chi connectivity index (χ3n) is 2.56. The van der Waals surface area contributed by atoms with E-state index in [0.29, 0.717) is 0 Å². The van der Waals surface area contributed by atoms with Crippen LogP contribution < -0.4 is 0 Å². The summed E-state index contributed by atoms with van der Waals surface area (Å²) in [6.07, 6.45) is 4.89. The van der Waals surface area contributed by atoms with Gasteiger partial charge in [-0.1, -0.05) is 12.8 Å². The van der Waals surface area contributed by atoms with Gasteiger partial charge in [-0.05, 0) is 12.8 Å². The van der Waals surface area contributed by atoms with E-state index in [2.05, 4.69) is 0 Å². The van der Waals surface area contributed by atoms with Crippen LogP contribution in [0.1, 0.15) is 25.7 Å². The van der Waals surface area contributed by atoms with Gasteiger partial charge >= 0.3 is 0 Å². The van der Waals surface area contributed by atoms with Crippen molar-refractivity contribution in [1.82, 2.24) is 0 Å². The van der Waals surface area contributed by atoms with Crippen LogP contribution in [0.25, 0.3) is 0 Å². The number of carbonyl (C=O) groups is 1. The topological polar surface area (TPSA) is 35.5 Å². The summed E-state index contributed by atoms with van der Waals surface area (Å²) in [5.41, 5.74) is 0. The maximum Gasteiger partial charge on any atom is 0.184 e. The van der Waals surface area contributed by atoms with Crippen molar-refractivity contribution in [2.24, 2.45) is 0 Å². The zero-order valence-electron chi connectivity index (χ0n) is 7.12. The van der Waals surface area contributed by atoms with Crippen molar-refractivity contribution in [2.75, 3.05) is 13.2 Å². The first kappa shape index (κ1) is 8.20. The molecule has 2 aliphatic rings. The van der Waals surface area contributed by atoms with Crippen LogP contribution in [0.3, 0.4) is 0 Å². The molecule has 0 unspecified atom stereocenters. The Morgan fingerprint density at radius 2 is 1.50 bits per heavy atom. The van der Waals surface area contributed by atoms with E-state index in [1.54, 1.807) is 0 Å². The van der Waals surface area contributed by atoms with Gasteiger partial charge in [0.25, 0.3) is 0 Å². The second-order valence-corrected chi connectivity index (χ2v) is 3.52. The van der Waals surface area contributed by atoms with Gasteiger partial charge in [-0.25, -0.2) is 0 Å². The third kappa shape index (κ3) is 1.67. The number of fused-ring (bicyclic) bond motifs is 1. The van der Waals surface area contributed by atoms with Crippen molar-refractivity contribution in [3.63, 3.8) is 0 Å². The molecule has 0 radical (unpaired) electrons. The Kier molecular flexibility index (Phi) is 2.42. The molecule has 2 fully saturated rings. The SMILES string of the molecule is O=C1CO[C@H]2CCCC[C@H]2OC1. The number of Topliss-reactive ketones (excluding diaryl/α,β-unsaturated/α-hetero) is 1. The van der Waals surface area contributed by atoms with Crippen molar-refractivity contribution < 1.29 is 14.3 Å². The van der Waals surface area contributed by atoms with Crippen molar-refractivity contribution in [3.05, 3.63) is 0 Å². The molecule has 0 spiro atoms. The van der Waals surface area contributed by atoms with Gasteiger partial charge in [0.15, 0.2) is 5.78 Å². The molecule has 1 aliphatic heterocycles. The van der Waals surface area contributed by atoms with E-state index in [9.17, 15) is 4.79 Å². The molecule has 0 amide bonds. The third-order valence-corrected chi connectivity index (χ3v) is 2.56. The molecule has 0 aromatic carbocycles. The lowest BCUT2D eigenvalue weighted by Crippen LogP contribution is -2.32. The normalized spacial score (nSPS) is 37.2. The Morgan fingerprint density at radius 3 is 2.00 bits per heavy atom. The first-order valence-corrected chi connectivity index (χ1v) is 4.61. The fraction of sp³-hybridized carbons (Fsp3) is 0.889. The molecule has 0 aromatic heterocycles. The zero-order chi connectivity index (χ0) is 8.39. The highest BCUT2D eigenvalue weighted by Gasteiger charge is 2.29. The Hall–Kier alpha value is -0.410. The van der Waals surface area contributed by atoms with E-state index in [1.165, 1.54) is 12.8 Å². The minimum absolute atomic E-state index is 0.0735. The van der Waals surface area contributed by atoms with Gasteiger partial charge in [-0.3, -0.25) is 4.79 Å². The van der Waals surface area contributed by atoms with Crippen molar-refractivity contribution in [1.29, 1.82) is 0 Å². The summed E-state index contributed by atoms with van der Waals surface area (Å²) in [5.74, 6) is 0.0735. The Balaban J connectivity index is 1.98. The lowest BCUT2D eigenvalue weighted by atomic mass is 9.95. The fourth-order valence-electron chi connectivity index (χ4n) is 1.89. The van der Waals surface area contributed by atoms with Crippen molar-refractivity contribution >= 4 is 5.78 Å². The molecule has 1 aliphatic carbocycles. The number of hydrogen-bond acceptors (Lipinski definition) is 3. The second-order valence-electron chi connectivity index (χ2n) is 3.52. The largest absolute Gasteiger partial charge is 0.368 e. The first-order valence-electron chi connectivity index (χ1n) is 4.61. The van der Waals surface area contributed by atoms with Gasteiger partial charge in [0.1, 0.15) is 13.2 Å². The van der Waals surface area contributed by atoms with Gasteiger partial charge in [0.05, 0.1) is 12.2 Å². The molecule has 0 aromatic rings. The molecule has 0 bridgehead atoms. The van der Waals surface area contributed by atoms with Gasteiger partial charge in [-0.15, -0.1) is 0 Å². The van der Waals surface area contributed by atoms with Crippen LogP contribution in [-0.4, -0.2) is 31.2 Å². The zero-order valence-corrected chi connectivity index (χ0v) is 7.12. The molecule has 0 N–H and O–H groups in total. The monoisotopic (exact) mass is 170 g/mol. The van der Waals surface area contributed by atoms with Gasteiger partial charge in [0, 0.05) is 0 Å². The Labute approximate surface area is 72.0 Å². The van der Waals surface area contributed by atoms with E-state index >= 15 is 0 Å². The summed E-state index contributed by atoms with van der Waals surface area (Å²) in [7, 11) is 0. The number of rotatable bonds is 0. The van der Waals surface area contributed by atoms with Gasteiger partial charge in [-0.2, -0.15) is 0 Å². The number of ether oxygens (including phenoxy) is 2. The molecule has 1 saturated carbocycles. The summed E-state index contributed by atoms with van der Waals surface area (Å²) in [4.78, 5) is 11.0. The number of hydrogen-bond donors (Lipinski definition) is 0. The molecule has 2 rings (SSSR count). The van der Waals surface area contributed by atoms with Crippen LogP contribution in [0.5, 0.6) is 0 Å². The van der Waals surface area contributed by atoms with E-state index in [-0.39, 0.29) is 31.2 Å². The van der Waals surface area contributed by atoms with Crippen LogP contribution in [0, 0.1) is 0 Å². The van der Waals surface area contributed by atoms with Gasteiger partial charge < -0.3 is 9.47 Å². The molecule has 12 heavy (non-hydrogen) atoms. The molecular weight excluding hydrogens is 156 g/mol.